The molecule has 1 aliphatic heterocycles. The molecule has 0 saturated carbocycles. The molecule has 186 valence electrons. The molecular formula is C22H28N2O9S. The number of benzene rings is 1. The van der Waals surface area contributed by atoms with Crippen molar-refractivity contribution in [3.8, 4) is 0 Å². The molecule has 12 heteroatoms. The first-order valence-electron chi connectivity index (χ1n) is 10.4. The third kappa shape index (κ3) is 8.27. The lowest BCUT2D eigenvalue weighted by Crippen LogP contribution is -2.66. The molecule has 1 saturated heterocycles. The molecule has 1 fully saturated rings. The second-order valence-electron chi connectivity index (χ2n) is 7.59. The third-order valence-electron chi connectivity index (χ3n) is 4.54. The van der Waals surface area contributed by atoms with Crippen molar-refractivity contribution in [1.82, 2.24) is 5.32 Å². The Morgan fingerprint density at radius 2 is 1.50 bits per heavy atom. The Labute approximate surface area is 202 Å². The van der Waals surface area contributed by atoms with Gasteiger partial charge in [0.15, 0.2) is 29.7 Å². The maximum absolute atomic E-state index is 11.9. The van der Waals surface area contributed by atoms with E-state index in [0.717, 1.165) is 26.3 Å². The van der Waals surface area contributed by atoms with Crippen LogP contribution in [0.15, 0.2) is 24.3 Å². The Balaban J connectivity index is 2.36. The van der Waals surface area contributed by atoms with Crippen LogP contribution in [0, 0.1) is 6.92 Å². The molecule has 1 aromatic rings. The first kappa shape index (κ1) is 27.0. The predicted molar refractivity (Wildman–Crippen MR) is 122 cm³/mol. The number of carbonyl (C=O) groups is 4. The fraction of sp³-hybridized carbons (Fsp3) is 0.500. The molecule has 5 atom stereocenters. The standard InChI is InChI=1S/C22H28N2O9S/c1-11-7-6-8-16(9-11)23-22(34)24-21-20(32-15(5)28)19(31-14(4)27)18(30-13(3)26)17(33-21)10-29-12(2)25/h6-9,17-21H,10H2,1-5H3,(H2,23,24,34)/t17-,18-,19+,20+,21-/m0/s1. The van der Waals surface area contributed by atoms with Gasteiger partial charge in [-0.25, -0.2) is 0 Å². The number of anilines is 1. The Kier molecular flexibility index (Phi) is 9.75. The van der Waals surface area contributed by atoms with E-state index >= 15 is 0 Å². The molecule has 1 aliphatic rings. The van der Waals surface area contributed by atoms with E-state index in [9.17, 15) is 19.2 Å². The Morgan fingerprint density at radius 1 is 0.912 bits per heavy atom. The van der Waals surface area contributed by atoms with Crippen LogP contribution in [0.2, 0.25) is 0 Å². The molecule has 2 N–H and O–H groups in total. The average molecular weight is 497 g/mol. The molecule has 0 amide bonds. The molecule has 0 radical (unpaired) electrons. The summed E-state index contributed by atoms with van der Waals surface area (Å²) in [5.41, 5.74) is 1.70. The second kappa shape index (κ2) is 12.3. The third-order valence-corrected chi connectivity index (χ3v) is 4.76. The molecule has 1 heterocycles. The van der Waals surface area contributed by atoms with E-state index < -0.39 is 54.5 Å². The van der Waals surface area contributed by atoms with Gasteiger partial charge >= 0.3 is 23.9 Å². The first-order valence-corrected chi connectivity index (χ1v) is 10.8. The minimum atomic E-state index is -1.28. The lowest BCUT2D eigenvalue weighted by atomic mass is 9.97. The van der Waals surface area contributed by atoms with Crippen LogP contribution in [0.4, 0.5) is 5.69 Å². The Bertz CT molecular complexity index is 939. The van der Waals surface area contributed by atoms with Crippen LogP contribution in [-0.2, 0) is 42.9 Å². The van der Waals surface area contributed by atoms with E-state index in [1.807, 2.05) is 25.1 Å². The van der Waals surface area contributed by atoms with Crippen molar-refractivity contribution < 1.29 is 42.9 Å². The maximum Gasteiger partial charge on any atom is 0.303 e. The van der Waals surface area contributed by atoms with Gasteiger partial charge in [-0.15, -0.1) is 0 Å². The van der Waals surface area contributed by atoms with Crippen molar-refractivity contribution in [2.75, 3.05) is 11.9 Å². The highest BCUT2D eigenvalue weighted by Crippen LogP contribution is 2.28. The summed E-state index contributed by atoms with van der Waals surface area (Å²) in [6.07, 6.45) is -5.98. The minimum Gasteiger partial charge on any atom is -0.463 e. The predicted octanol–water partition coefficient (Wildman–Crippen LogP) is 1.36. The first-order chi connectivity index (χ1) is 16.0. The summed E-state index contributed by atoms with van der Waals surface area (Å²) in [4.78, 5) is 46.9. The normalized spacial score (nSPS) is 23.7. The van der Waals surface area contributed by atoms with Crippen molar-refractivity contribution in [2.24, 2.45) is 0 Å². The summed E-state index contributed by atoms with van der Waals surface area (Å²) in [7, 11) is 0. The van der Waals surface area contributed by atoms with E-state index in [0.29, 0.717) is 5.69 Å². The van der Waals surface area contributed by atoms with Crippen molar-refractivity contribution in [3.05, 3.63) is 29.8 Å². The fourth-order valence-electron chi connectivity index (χ4n) is 3.36. The fourth-order valence-corrected chi connectivity index (χ4v) is 3.60. The molecule has 0 spiro atoms. The van der Waals surface area contributed by atoms with Gasteiger partial charge in [-0.1, -0.05) is 12.1 Å². The number of rotatable bonds is 7. The van der Waals surface area contributed by atoms with E-state index in [4.69, 9.17) is 35.9 Å². The zero-order valence-corrected chi connectivity index (χ0v) is 20.3. The average Bonchev–Trinajstić information content (AvgIpc) is 2.70. The van der Waals surface area contributed by atoms with Crippen LogP contribution in [0.5, 0.6) is 0 Å². The SMILES string of the molecule is CC(=O)OC[C@@H]1O[C@H](NC(=S)Nc2cccc(C)c2)[C@H](OC(C)=O)[C@H](OC(C)=O)[C@H]1OC(C)=O. The second-order valence-corrected chi connectivity index (χ2v) is 8.00. The molecular weight excluding hydrogens is 468 g/mol. The molecule has 11 nitrogen and oxygen atoms in total. The summed E-state index contributed by atoms with van der Waals surface area (Å²) in [6.45, 7) is 6.26. The number of carbonyl (C=O) groups excluding carboxylic acids is 4. The van der Waals surface area contributed by atoms with Gasteiger partial charge in [0.25, 0.3) is 0 Å². The number of esters is 4. The van der Waals surface area contributed by atoms with Crippen LogP contribution in [0.3, 0.4) is 0 Å². The molecule has 0 aromatic heterocycles. The summed E-state index contributed by atoms with van der Waals surface area (Å²) in [5, 5.41) is 5.99. The summed E-state index contributed by atoms with van der Waals surface area (Å²) < 4.78 is 27.1. The van der Waals surface area contributed by atoms with Crippen molar-refractivity contribution in [2.45, 2.75) is 65.3 Å². The van der Waals surface area contributed by atoms with Crippen LogP contribution < -0.4 is 10.6 Å². The molecule has 0 unspecified atom stereocenters. The smallest absolute Gasteiger partial charge is 0.303 e. The van der Waals surface area contributed by atoms with Crippen molar-refractivity contribution in [3.63, 3.8) is 0 Å². The lowest BCUT2D eigenvalue weighted by molar-refractivity contribution is -0.254. The van der Waals surface area contributed by atoms with Gasteiger partial charge in [0.05, 0.1) is 0 Å². The van der Waals surface area contributed by atoms with E-state index in [2.05, 4.69) is 10.6 Å². The van der Waals surface area contributed by atoms with Gasteiger partial charge in [0, 0.05) is 33.4 Å². The Hall–Kier alpha value is -3.25. The zero-order valence-electron chi connectivity index (χ0n) is 19.5. The summed E-state index contributed by atoms with van der Waals surface area (Å²) >= 11 is 5.38. The number of aryl methyl sites for hydroxylation is 1. The van der Waals surface area contributed by atoms with E-state index in [-0.39, 0.29) is 11.7 Å². The van der Waals surface area contributed by atoms with Gasteiger partial charge in [-0.05, 0) is 36.8 Å². The topological polar surface area (TPSA) is 138 Å². The molecule has 0 bridgehead atoms. The van der Waals surface area contributed by atoms with E-state index in [1.165, 1.54) is 6.92 Å². The number of hydrogen-bond donors (Lipinski definition) is 2. The van der Waals surface area contributed by atoms with Crippen LogP contribution in [0.25, 0.3) is 0 Å². The van der Waals surface area contributed by atoms with Crippen molar-refractivity contribution >= 4 is 46.9 Å². The van der Waals surface area contributed by atoms with Gasteiger partial charge < -0.3 is 34.3 Å². The Morgan fingerprint density at radius 3 is 2.06 bits per heavy atom. The number of thiocarbonyl (C=S) groups is 1. The monoisotopic (exact) mass is 496 g/mol. The van der Waals surface area contributed by atoms with Gasteiger partial charge in [-0.2, -0.15) is 0 Å². The minimum absolute atomic E-state index is 0.117. The highest BCUT2D eigenvalue weighted by Gasteiger charge is 2.52. The van der Waals surface area contributed by atoms with Crippen LogP contribution >= 0.6 is 12.2 Å². The van der Waals surface area contributed by atoms with Gasteiger partial charge in [0.2, 0.25) is 0 Å². The highest BCUT2D eigenvalue weighted by atomic mass is 32.1. The lowest BCUT2D eigenvalue weighted by Gasteiger charge is -2.44. The maximum atomic E-state index is 11.9. The zero-order chi connectivity index (χ0) is 25.4. The molecule has 1 aromatic carbocycles. The highest BCUT2D eigenvalue weighted by molar-refractivity contribution is 7.80. The summed E-state index contributed by atoms with van der Waals surface area (Å²) in [5.74, 6) is -2.72. The molecule has 0 aliphatic carbocycles. The summed E-state index contributed by atoms with van der Waals surface area (Å²) in [6, 6.07) is 7.42. The quantitative estimate of drug-likeness (QED) is 0.320. The van der Waals surface area contributed by atoms with E-state index in [1.54, 1.807) is 6.07 Å². The van der Waals surface area contributed by atoms with Crippen LogP contribution in [-0.4, -0.2) is 66.2 Å². The van der Waals surface area contributed by atoms with Crippen LogP contribution in [0.1, 0.15) is 33.3 Å². The van der Waals surface area contributed by atoms with Crippen molar-refractivity contribution in [1.29, 1.82) is 0 Å². The van der Waals surface area contributed by atoms with Gasteiger partial charge in [-0.3, -0.25) is 19.2 Å². The van der Waals surface area contributed by atoms with Gasteiger partial charge in [0.1, 0.15) is 12.7 Å². The number of ether oxygens (including phenoxy) is 5. The number of hydrogen-bond acceptors (Lipinski definition) is 10. The molecule has 2 rings (SSSR count). The largest absolute Gasteiger partial charge is 0.463 e. The molecule has 34 heavy (non-hydrogen) atoms. The number of nitrogens with one attached hydrogen (secondary N) is 2.